The zero-order chi connectivity index (χ0) is 23.3. The largest absolute Gasteiger partial charge is 0.481 e. The lowest BCUT2D eigenvalue weighted by Gasteiger charge is -2.33. The quantitative estimate of drug-likeness (QED) is 0.617. The molecule has 2 amide bonds. The molecule has 170 valence electrons. The maximum Gasteiger partial charge on any atom is 0.408 e. The first kappa shape index (κ1) is 23.3. The summed E-state index contributed by atoms with van der Waals surface area (Å²) in [5.41, 5.74) is 3.32. The summed E-state index contributed by atoms with van der Waals surface area (Å²) < 4.78 is 5.58. The molecular formula is C25H30N2O5. The fourth-order valence-corrected chi connectivity index (χ4v) is 4.14. The molecule has 0 saturated carbocycles. The Morgan fingerprint density at radius 1 is 1.03 bits per heavy atom. The van der Waals surface area contributed by atoms with Gasteiger partial charge >= 0.3 is 12.1 Å². The van der Waals surface area contributed by atoms with Crippen LogP contribution < -0.4 is 5.32 Å². The minimum atomic E-state index is -1.18. The van der Waals surface area contributed by atoms with Crippen LogP contribution in [0.3, 0.4) is 0 Å². The van der Waals surface area contributed by atoms with E-state index < -0.39 is 17.6 Å². The van der Waals surface area contributed by atoms with Crippen LogP contribution in [0.15, 0.2) is 48.5 Å². The van der Waals surface area contributed by atoms with Crippen LogP contribution in [-0.2, 0) is 14.3 Å². The van der Waals surface area contributed by atoms with Crippen LogP contribution in [0.2, 0.25) is 0 Å². The van der Waals surface area contributed by atoms with E-state index in [-0.39, 0.29) is 31.4 Å². The molecule has 0 saturated heterocycles. The summed E-state index contributed by atoms with van der Waals surface area (Å²) in [6.07, 6.45) is -0.469. The Morgan fingerprint density at radius 2 is 1.59 bits per heavy atom. The Balaban J connectivity index is 1.68. The maximum atomic E-state index is 13.0. The lowest BCUT2D eigenvalue weighted by Crippen LogP contribution is -2.58. The Hall–Kier alpha value is -3.35. The number of alkyl carbamates (subject to hydrolysis) is 1. The number of carboxylic acid groups (broad SMARTS) is 1. The molecule has 3 rings (SSSR count). The number of hydrogen-bond donors (Lipinski definition) is 2. The smallest absolute Gasteiger partial charge is 0.408 e. The predicted molar refractivity (Wildman–Crippen MR) is 121 cm³/mol. The van der Waals surface area contributed by atoms with Gasteiger partial charge in [0.05, 0.1) is 6.42 Å². The van der Waals surface area contributed by atoms with E-state index in [2.05, 4.69) is 17.4 Å². The molecule has 0 heterocycles. The minimum absolute atomic E-state index is 0.0700. The zero-order valence-electron chi connectivity index (χ0n) is 18.8. The third-order valence-electron chi connectivity index (χ3n) is 6.17. The van der Waals surface area contributed by atoms with Crippen molar-refractivity contribution in [1.29, 1.82) is 0 Å². The average molecular weight is 439 g/mol. The van der Waals surface area contributed by atoms with E-state index in [0.717, 1.165) is 22.3 Å². The Bertz CT molecular complexity index is 960. The number of amides is 2. The van der Waals surface area contributed by atoms with E-state index in [4.69, 9.17) is 9.84 Å². The van der Waals surface area contributed by atoms with Gasteiger partial charge in [0.25, 0.3) is 0 Å². The number of hydrogen-bond acceptors (Lipinski definition) is 4. The number of carbonyl (C=O) groups is 3. The average Bonchev–Trinajstić information content (AvgIpc) is 3.11. The number of nitrogens with zero attached hydrogens (tertiary/aromatic N) is 1. The molecule has 1 atom stereocenters. The van der Waals surface area contributed by atoms with Crippen molar-refractivity contribution in [3.63, 3.8) is 0 Å². The molecule has 2 aromatic rings. The molecule has 7 nitrogen and oxygen atoms in total. The van der Waals surface area contributed by atoms with E-state index >= 15 is 0 Å². The molecule has 1 aliphatic carbocycles. The third-order valence-corrected chi connectivity index (χ3v) is 6.17. The van der Waals surface area contributed by atoms with E-state index in [1.54, 1.807) is 20.8 Å². The van der Waals surface area contributed by atoms with Crippen LogP contribution in [0.1, 0.15) is 50.7 Å². The number of fused-ring (bicyclic) bond motifs is 3. The number of rotatable bonds is 9. The van der Waals surface area contributed by atoms with E-state index in [1.165, 1.54) is 4.90 Å². The van der Waals surface area contributed by atoms with E-state index in [0.29, 0.717) is 13.0 Å². The van der Waals surface area contributed by atoms with Crippen LogP contribution >= 0.6 is 0 Å². The Morgan fingerprint density at radius 3 is 2.09 bits per heavy atom. The van der Waals surface area contributed by atoms with Crippen molar-refractivity contribution in [2.24, 2.45) is 0 Å². The van der Waals surface area contributed by atoms with E-state index in [9.17, 15) is 14.4 Å². The topological polar surface area (TPSA) is 95.9 Å². The zero-order valence-corrected chi connectivity index (χ0v) is 18.8. The summed E-state index contributed by atoms with van der Waals surface area (Å²) >= 11 is 0. The molecule has 0 spiro atoms. The highest BCUT2D eigenvalue weighted by molar-refractivity contribution is 5.90. The number of ether oxygens (including phenoxy) is 1. The number of likely N-dealkylation sites (N-methyl/N-ethyl adjacent to an activating group) is 1. The maximum absolute atomic E-state index is 13.0. The van der Waals surface area contributed by atoms with Crippen molar-refractivity contribution in [3.8, 4) is 11.1 Å². The molecule has 0 aliphatic heterocycles. The van der Waals surface area contributed by atoms with Gasteiger partial charge in [0.1, 0.15) is 12.1 Å². The summed E-state index contributed by atoms with van der Waals surface area (Å²) in [5, 5.41) is 11.6. The Labute approximate surface area is 188 Å². The van der Waals surface area contributed by atoms with Crippen molar-refractivity contribution in [3.05, 3.63) is 59.7 Å². The molecule has 2 N–H and O–H groups in total. The Kier molecular flexibility index (Phi) is 7.18. The van der Waals surface area contributed by atoms with Crippen molar-refractivity contribution in [2.45, 2.75) is 45.1 Å². The second-order valence-electron chi connectivity index (χ2n) is 8.16. The third kappa shape index (κ3) is 4.77. The monoisotopic (exact) mass is 438 g/mol. The summed E-state index contributed by atoms with van der Waals surface area (Å²) in [7, 11) is 0. The second-order valence-corrected chi connectivity index (χ2v) is 8.16. The van der Waals surface area contributed by atoms with Crippen LogP contribution in [-0.4, -0.2) is 53.2 Å². The summed E-state index contributed by atoms with van der Waals surface area (Å²) in [4.78, 5) is 38.1. The molecule has 0 bridgehead atoms. The number of nitrogens with one attached hydrogen (secondary N) is 1. The number of carbonyl (C=O) groups excluding carboxylic acids is 2. The molecular weight excluding hydrogens is 408 g/mol. The van der Waals surface area contributed by atoms with Crippen molar-refractivity contribution < 1.29 is 24.2 Å². The van der Waals surface area contributed by atoms with Crippen molar-refractivity contribution >= 4 is 18.0 Å². The summed E-state index contributed by atoms with van der Waals surface area (Å²) in [6.45, 7) is 5.82. The van der Waals surface area contributed by atoms with Gasteiger partial charge in [-0.15, -0.1) is 0 Å². The van der Waals surface area contributed by atoms with Gasteiger partial charge < -0.3 is 20.1 Å². The number of aliphatic carboxylic acids is 1. The highest BCUT2D eigenvalue weighted by Gasteiger charge is 2.37. The van der Waals surface area contributed by atoms with Crippen LogP contribution in [0, 0.1) is 0 Å². The molecule has 1 unspecified atom stereocenters. The number of benzene rings is 2. The highest BCUT2D eigenvalue weighted by atomic mass is 16.5. The van der Waals surface area contributed by atoms with Gasteiger partial charge in [-0.1, -0.05) is 55.5 Å². The first-order valence-corrected chi connectivity index (χ1v) is 10.9. The molecule has 0 radical (unpaired) electrons. The van der Waals surface area contributed by atoms with Crippen LogP contribution in [0.25, 0.3) is 11.1 Å². The lowest BCUT2D eigenvalue weighted by molar-refractivity contribution is -0.140. The van der Waals surface area contributed by atoms with Gasteiger partial charge in [0.15, 0.2) is 0 Å². The van der Waals surface area contributed by atoms with Crippen LogP contribution in [0.4, 0.5) is 4.79 Å². The van der Waals surface area contributed by atoms with Crippen molar-refractivity contribution in [1.82, 2.24) is 10.2 Å². The van der Waals surface area contributed by atoms with Gasteiger partial charge in [0, 0.05) is 19.0 Å². The molecule has 2 aromatic carbocycles. The summed E-state index contributed by atoms with van der Waals surface area (Å²) in [5.74, 6) is -1.37. The van der Waals surface area contributed by atoms with Gasteiger partial charge in [0.2, 0.25) is 5.91 Å². The first-order valence-electron chi connectivity index (χ1n) is 10.9. The van der Waals surface area contributed by atoms with Gasteiger partial charge in [-0.2, -0.15) is 0 Å². The molecule has 7 heteroatoms. The molecule has 32 heavy (non-hydrogen) atoms. The first-order chi connectivity index (χ1) is 15.3. The number of carboxylic acids is 1. The van der Waals surface area contributed by atoms with E-state index in [1.807, 2.05) is 36.4 Å². The van der Waals surface area contributed by atoms with Crippen LogP contribution in [0.5, 0.6) is 0 Å². The van der Waals surface area contributed by atoms with Gasteiger partial charge in [-0.25, -0.2) is 4.79 Å². The normalized spacial score (nSPS) is 14.1. The second kappa shape index (κ2) is 9.85. The lowest BCUT2D eigenvalue weighted by atomic mass is 9.96. The van der Waals surface area contributed by atoms with Crippen molar-refractivity contribution in [2.75, 3.05) is 19.7 Å². The molecule has 0 fully saturated rings. The fraction of sp³-hybridized carbons (Fsp3) is 0.400. The molecule has 1 aliphatic rings. The molecule has 0 aromatic heterocycles. The standard InChI is InChI=1S/C25H30N2O5/c1-4-25(3,23(30)27(5-2)15-14-22(28)29)26-24(31)32-16-21-19-12-8-6-10-17(19)18-11-7-9-13-20(18)21/h6-13,21H,4-5,14-16H2,1-3H3,(H,26,31)(H,28,29). The van der Waals surface area contributed by atoms with Gasteiger partial charge in [-0.3, -0.25) is 9.59 Å². The van der Waals surface area contributed by atoms with Gasteiger partial charge in [-0.05, 0) is 42.5 Å². The SMILES string of the molecule is CCN(CCC(=O)O)C(=O)C(C)(CC)NC(=O)OCC1c2ccccc2-c2ccccc21. The minimum Gasteiger partial charge on any atom is -0.481 e. The fourth-order valence-electron chi connectivity index (χ4n) is 4.14. The summed E-state index contributed by atoms with van der Waals surface area (Å²) in [6, 6.07) is 16.2. The predicted octanol–water partition coefficient (Wildman–Crippen LogP) is 4.02. The highest BCUT2D eigenvalue weighted by Crippen LogP contribution is 2.44.